The van der Waals surface area contributed by atoms with Crippen molar-refractivity contribution in [2.75, 3.05) is 27.4 Å². The third kappa shape index (κ3) is 6.06. The lowest BCUT2D eigenvalue weighted by Crippen LogP contribution is -2.40. The van der Waals surface area contributed by atoms with Gasteiger partial charge < -0.3 is 24.8 Å². The highest BCUT2D eigenvalue weighted by molar-refractivity contribution is 6.32. The van der Waals surface area contributed by atoms with E-state index in [1.165, 1.54) is 13.2 Å². The monoisotopic (exact) mass is 535 g/mol. The summed E-state index contributed by atoms with van der Waals surface area (Å²) in [5, 5.41) is 31.7. The number of aromatic hydroxyl groups is 1. The van der Waals surface area contributed by atoms with Crippen molar-refractivity contribution in [1.82, 2.24) is 4.90 Å². The van der Waals surface area contributed by atoms with Gasteiger partial charge in [-0.2, -0.15) is 4.90 Å². The molecular formula is C27H34ClNO8. The molecule has 0 unspecified atom stereocenters. The van der Waals surface area contributed by atoms with Crippen LogP contribution in [0, 0.1) is 17.8 Å². The lowest BCUT2D eigenvalue weighted by Gasteiger charge is -2.36. The van der Waals surface area contributed by atoms with E-state index < -0.39 is 48.4 Å². The lowest BCUT2D eigenvalue weighted by atomic mass is 9.68. The zero-order chi connectivity index (χ0) is 27.3. The highest BCUT2D eigenvalue weighted by Gasteiger charge is 2.57. The number of phenolic OH excluding ortho intramolecular Hbond substituents is 1. The van der Waals surface area contributed by atoms with Gasteiger partial charge in [-0.15, -0.1) is 0 Å². The number of imide groups is 3. The molecule has 1 saturated heterocycles. The zero-order valence-corrected chi connectivity index (χ0v) is 22.0. The van der Waals surface area contributed by atoms with E-state index in [-0.39, 0.29) is 18.8 Å². The molecule has 0 bridgehead atoms. The molecular weight excluding hydrogens is 502 g/mol. The number of hydrogen-bond donors (Lipinski definition) is 3. The molecule has 3 amide bonds. The first-order valence-corrected chi connectivity index (χ1v) is 12.7. The summed E-state index contributed by atoms with van der Waals surface area (Å²) in [6.45, 7) is 1.68. The molecule has 1 aromatic rings. The lowest BCUT2D eigenvalue weighted by molar-refractivity contribution is -0.137. The number of carbonyl (C=O) groups excluding carboxylic acids is 3. The van der Waals surface area contributed by atoms with Gasteiger partial charge in [-0.1, -0.05) is 36.6 Å². The third-order valence-corrected chi connectivity index (χ3v) is 7.40. The largest absolute Gasteiger partial charge is 0.508 e. The molecule has 2 aliphatic rings. The van der Waals surface area contributed by atoms with Crippen LogP contribution in [0.4, 0.5) is 4.79 Å². The Morgan fingerprint density at radius 1 is 1.24 bits per heavy atom. The van der Waals surface area contributed by atoms with Crippen molar-refractivity contribution in [3.63, 3.8) is 0 Å². The Hall–Kier alpha value is -2.72. The van der Waals surface area contributed by atoms with Crippen molar-refractivity contribution in [1.29, 1.82) is 0 Å². The Kier molecular flexibility index (Phi) is 9.89. The number of ether oxygens (including phenoxy) is 2. The minimum Gasteiger partial charge on any atom is -0.508 e. The number of nitrogens with zero attached hydrogens (tertiary/aromatic N) is 1. The highest BCUT2D eigenvalue weighted by Crippen LogP contribution is 2.46. The molecule has 1 aliphatic heterocycles. The van der Waals surface area contributed by atoms with E-state index in [0.29, 0.717) is 33.9 Å². The van der Waals surface area contributed by atoms with E-state index in [0.717, 1.165) is 31.1 Å². The van der Waals surface area contributed by atoms with Gasteiger partial charge in [0.15, 0.2) is 0 Å². The molecule has 37 heavy (non-hydrogen) atoms. The Bertz CT molecular complexity index is 1100. The maximum atomic E-state index is 13.1. The van der Waals surface area contributed by atoms with Crippen LogP contribution in [0.1, 0.15) is 44.6 Å². The summed E-state index contributed by atoms with van der Waals surface area (Å²) < 4.78 is 9.94. The molecule has 3 N–H and O–H groups in total. The van der Waals surface area contributed by atoms with E-state index >= 15 is 0 Å². The average molecular weight is 536 g/mol. The normalized spacial score (nSPS) is 22.9. The number of phenols is 1. The second-order valence-electron chi connectivity index (χ2n) is 9.41. The Morgan fingerprint density at radius 2 is 1.97 bits per heavy atom. The van der Waals surface area contributed by atoms with E-state index in [1.54, 1.807) is 12.1 Å². The van der Waals surface area contributed by atoms with Crippen LogP contribution in [0.3, 0.4) is 0 Å². The minimum atomic E-state index is -1.06. The van der Waals surface area contributed by atoms with Crippen molar-refractivity contribution < 1.29 is 39.2 Å². The summed E-state index contributed by atoms with van der Waals surface area (Å²) in [6.07, 6.45) is 2.48. The van der Waals surface area contributed by atoms with Crippen LogP contribution in [0.2, 0.25) is 5.02 Å². The number of allylic oxidation sites excluding steroid dienone is 1. The molecule has 3 rings (SSSR count). The average Bonchev–Trinajstić information content (AvgIpc) is 3.12. The first-order valence-electron chi connectivity index (χ1n) is 12.3. The Balaban J connectivity index is 1.89. The standard InChI is InChI=1S/C27H34ClNO8/c1-4-5-15(10-16-7-8-18(31)12-21(16)28)6-9-22(32)23-17(14-36-2)11-19-24(20(23)13-30)26(34)29(25(19)33)27(35)37-3/h7-8,10,12,19-20,22,24,30-32H,4-6,9,11,13-14H2,1-3H3/b15-10+/t19-,20+,22-,24-/m1/s1. The van der Waals surface area contributed by atoms with Gasteiger partial charge in [0.25, 0.3) is 0 Å². The maximum Gasteiger partial charge on any atom is 0.423 e. The molecule has 9 nitrogen and oxygen atoms in total. The van der Waals surface area contributed by atoms with Crippen molar-refractivity contribution in [3.8, 4) is 5.75 Å². The number of likely N-dealkylation sites (tertiary alicyclic amines) is 1. The second kappa shape index (κ2) is 12.7. The van der Waals surface area contributed by atoms with Crippen LogP contribution in [0.25, 0.3) is 6.08 Å². The van der Waals surface area contributed by atoms with Crippen LogP contribution in [-0.2, 0) is 19.1 Å². The van der Waals surface area contributed by atoms with Crippen molar-refractivity contribution in [2.45, 2.75) is 45.1 Å². The fraction of sp³-hybridized carbons (Fsp3) is 0.519. The van der Waals surface area contributed by atoms with Gasteiger partial charge in [-0.25, -0.2) is 4.79 Å². The van der Waals surface area contributed by atoms with Gasteiger partial charge in [0.1, 0.15) is 5.75 Å². The number of fused-ring (bicyclic) bond motifs is 1. The number of benzene rings is 1. The molecule has 1 heterocycles. The van der Waals surface area contributed by atoms with E-state index in [9.17, 15) is 29.7 Å². The number of aliphatic hydroxyl groups is 2. The molecule has 4 atom stereocenters. The van der Waals surface area contributed by atoms with Gasteiger partial charge in [-0.3, -0.25) is 9.59 Å². The van der Waals surface area contributed by atoms with Crippen LogP contribution < -0.4 is 0 Å². The van der Waals surface area contributed by atoms with Crippen molar-refractivity contribution in [2.24, 2.45) is 17.8 Å². The highest BCUT2D eigenvalue weighted by atomic mass is 35.5. The van der Waals surface area contributed by atoms with Crippen molar-refractivity contribution in [3.05, 3.63) is 45.5 Å². The fourth-order valence-electron chi connectivity index (χ4n) is 5.46. The first kappa shape index (κ1) is 28.8. The number of halogens is 1. The minimum absolute atomic E-state index is 0.0728. The molecule has 1 fully saturated rings. The van der Waals surface area contributed by atoms with Gasteiger partial charge in [0, 0.05) is 13.0 Å². The van der Waals surface area contributed by atoms with Gasteiger partial charge in [0.05, 0.1) is 43.3 Å². The van der Waals surface area contributed by atoms with E-state index in [2.05, 4.69) is 4.74 Å². The predicted molar refractivity (Wildman–Crippen MR) is 137 cm³/mol. The SMILES string of the molecule is CCC/C(=C\c1ccc(O)cc1Cl)CC[C@@H](O)C1=C(COC)C[C@H]2C(=O)N(C(=O)OC)C(=O)[C@H]2[C@H]1CO. The molecule has 202 valence electrons. The van der Waals surface area contributed by atoms with Crippen molar-refractivity contribution >= 4 is 35.6 Å². The molecule has 0 spiro atoms. The topological polar surface area (TPSA) is 134 Å². The Labute approximate surface area is 221 Å². The summed E-state index contributed by atoms with van der Waals surface area (Å²) in [5.41, 5.74) is 2.92. The predicted octanol–water partition coefficient (Wildman–Crippen LogP) is 3.69. The molecule has 10 heteroatoms. The summed E-state index contributed by atoms with van der Waals surface area (Å²) in [6, 6.07) is 4.75. The van der Waals surface area contributed by atoms with Gasteiger partial charge in [-0.05, 0) is 60.6 Å². The summed E-state index contributed by atoms with van der Waals surface area (Å²) in [7, 11) is 2.58. The molecule has 0 radical (unpaired) electrons. The number of hydrogen-bond acceptors (Lipinski definition) is 8. The summed E-state index contributed by atoms with van der Waals surface area (Å²) >= 11 is 6.27. The van der Waals surface area contributed by atoms with Gasteiger partial charge >= 0.3 is 6.09 Å². The molecule has 0 saturated carbocycles. The second-order valence-corrected chi connectivity index (χ2v) is 9.82. The van der Waals surface area contributed by atoms with E-state index in [4.69, 9.17) is 16.3 Å². The van der Waals surface area contributed by atoms with Crippen LogP contribution in [-0.4, -0.2) is 71.7 Å². The first-order chi connectivity index (χ1) is 17.7. The van der Waals surface area contributed by atoms with Crippen LogP contribution in [0.5, 0.6) is 5.75 Å². The smallest absolute Gasteiger partial charge is 0.423 e. The summed E-state index contributed by atoms with van der Waals surface area (Å²) in [4.78, 5) is 38.6. The van der Waals surface area contributed by atoms with Crippen LogP contribution >= 0.6 is 11.6 Å². The fourth-order valence-corrected chi connectivity index (χ4v) is 5.69. The zero-order valence-electron chi connectivity index (χ0n) is 21.3. The molecule has 0 aromatic heterocycles. The van der Waals surface area contributed by atoms with E-state index in [1.807, 2.05) is 13.0 Å². The third-order valence-electron chi connectivity index (χ3n) is 7.07. The summed E-state index contributed by atoms with van der Waals surface area (Å²) in [5.74, 6) is -3.96. The number of carbonyl (C=O) groups is 3. The van der Waals surface area contributed by atoms with Gasteiger partial charge in [0.2, 0.25) is 11.8 Å². The van der Waals surface area contributed by atoms with Crippen LogP contribution in [0.15, 0.2) is 34.9 Å². The Morgan fingerprint density at radius 3 is 2.57 bits per heavy atom. The maximum absolute atomic E-state index is 13.1. The number of rotatable bonds is 10. The number of amides is 3. The molecule has 1 aliphatic carbocycles. The molecule has 1 aromatic carbocycles. The number of aliphatic hydroxyl groups excluding tert-OH is 2. The quantitative estimate of drug-likeness (QED) is 0.305. The number of methoxy groups -OCH3 is 2.